The third kappa shape index (κ3) is 9.72. The first-order valence-corrected chi connectivity index (χ1v) is 11.2. The van der Waals surface area contributed by atoms with Crippen molar-refractivity contribution in [3.8, 4) is 0 Å². The van der Waals surface area contributed by atoms with Gasteiger partial charge in [-0.1, -0.05) is 12.1 Å². The number of benzene rings is 1. The molecule has 1 atom stereocenters. The number of nitrogens with two attached hydrogens (primary N) is 1. The minimum atomic E-state index is -0.182. The number of amides is 2. The van der Waals surface area contributed by atoms with Crippen LogP contribution in [0.1, 0.15) is 42.1 Å². The van der Waals surface area contributed by atoms with Crippen LogP contribution in [0.15, 0.2) is 29.3 Å². The number of carbonyl (C=O) groups is 2. The Morgan fingerprint density at radius 3 is 2.75 bits per heavy atom. The molecule has 1 aromatic carbocycles. The summed E-state index contributed by atoms with van der Waals surface area (Å²) < 4.78 is 0. The molecular formula is C23H39IN6O2. The van der Waals surface area contributed by atoms with Crippen LogP contribution in [-0.2, 0) is 11.2 Å². The Kier molecular flexibility index (Phi) is 13.2. The van der Waals surface area contributed by atoms with E-state index in [0.717, 1.165) is 76.5 Å². The fraction of sp³-hybridized carbons (Fsp3) is 0.609. The molecule has 0 saturated carbocycles. The highest BCUT2D eigenvalue weighted by molar-refractivity contribution is 14.0. The number of carbonyl (C=O) groups excluding carboxylic acids is 2. The number of piperidine rings is 1. The normalized spacial score (nSPS) is 16.7. The number of aliphatic imine (C=N–C) groups is 1. The van der Waals surface area contributed by atoms with E-state index in [0.29, 0.717) is 5.56 Å². The van der Waals surface area contributed by atoms with Gasteiger partial charge in [0.2, 0.25) is 5.91 Å². The van der Waals surface area contributed by atoms with Crippen molar-refractivity contribution in [3.05, 3.63) is 35.4 Å². The van der Waals surface area contributed by atoms with E-state index in [-0.39, 0.29) is 41.7 Å². The summed E-state index contributed by atoms with van der Waals surface area (Å²) in [6.07, 6.45) is 3.69. The van der Waals surface area contributed by atoms with Crippen LogP contribution in [0.3, 0.4) is 0 Å². The summed E-state index contributed by atoms with van der Waals surface area (Å²) in [5.41, 5.74) is 7.28. The number of nitrogens with one attached hydrogen (secondary N) is 2. The summed E-state index contributed by atoms with van der Waals surface area (Å²) in [5, 5.41) is 6.65. The van der Waals surface area contributed by atoms with Crippen molar-refractivity contribution in [3.63, 3.8) is 0 Å². The quantitative estimate of drug-likeness (QED) is 0.176. The molecule has 0 aliphatic carbocycles. The summed E-state index contributed by atoms with van der Waals surface area (Å²) in [6.45, 7) is 7.03. The molecule has 1 heterocycles. The highest BCUT2D eigenvalue weighted by Crippen LogP contribution is 2.16. The molecule has 180 valence electrons. The standard InChI is InChI=1S/C23H38N6O2.HI/c1-4-25-23(26-12-7-15-29-14-6-10-20(17-29)21(24)30)27-13-11-18-8-5-9-19(16-18)22(31)28(2)3;/h5,8-9,16,20H,4,6-7,10-15,17H2,1-3H3,(H2,24,30)(H2,25,26,27);1H. The average Bonchev–Trinajstić information content (AvgIpc) is 2.76. The second-order valence-electron chi connectivity index (χ2n) is 8.23. The van der Waals surface area contributed by atoms with Crippen LogP contribution in [0.4, 0.5) is 0 Å². The Balaban J connectivity index is 0.00000512. The summed E-state index contributed by atoms with van der Waals surface area (Å²) in [4.78, 5) is 32.1. The van der Waals surface area contributed by atoms with Crippen LogP contribution in [0, 0.1) is 5.92 Å². The van der Waals surface area contributed by atoms with E-state index in [1.807, 2.05) is 31.2 Å². The number of hydrogen-bond acceptors (Lipinski definition) is 4. The van der Waals surface area contributed by atoms with Gasteiger partial charge >= 0.3 is 0 Å². The van der Waals surface area contributed by atoms with Crippen LogP contribution < -0.4 is 16.4 Å². The summed E-state index contributed by atoms with van der Waals surface area (Å²) >= 11 is 0. The molecule has 32 heavy (non-hydrogen) atoms. The molecule has 0 radical (unpaired) electrons. The van der Waals surface area contributed by atoms with E-state index in [9.17, 15) is 9.59 Å². The SMILES string of the molecule is CCNC(=NCCCN1CCCC(C(N)=O)C1)NCCc1cccc(C(=O)N(C)C)c1.I. The number of hydrogen-bond donors (Lipinski definition) is 3. The summed E-state index contributed by atoms with van der Waals surface area (Å²) in [6, 6.07) is 7.76. The molecule has 1 unspecified atom stereocenters. The van der Waals surface area contributed by atoms with Crippen LogP contribution >= 0.6 is 24.0 Å². The molecule has 0 bridgehead atoms. The third-order valence-electron chi connectivity index (χ3n) is 5.44. The molecule has 1 aromatic rings. The number of guanidine groups is 1. The molecule has 0 spiro atoms. The van der Waals surface area contributed by atoms with Crippen molar-refractivity contribution in [1.82, 2.24) is 20.4 Å². The first kappa shape index (κ1) is 28.2. The third-order valence-corrected chi connectivity index (χ3v) is 5.44. The van der Waals surface area contributed by atoms with E-state index in [2.05, 4.69) is 20.5 Å². The minimum absolute atomic E-state index is 0. The maximum atomic E-state index is 12.1. The number of likely N-dealkylation sites (tertiary alicyclic amines) is 1. The molecule has 4 N–H and O–H groups in total. The Labute approximate surface area is 209 Å². The second-order valence-corrected chi connectivity index (χ2v) is 8.23. The van der Waals surface area contributed by atoms with Crippen LogP contribution in [-0.4, -0.2) is 80.9 Å². The number of nitrogens with zero attached hydrogens (tertiary/aromatic N) is 3. The van der Waals surface area contributed by atoms with Gasteiger partial charge in [-0.3, -0.25) is 14.6 Å². The highest BCUT2D eigenvalue weighted by Gasteiger charge is 2.23. The van der Waals surface area contributed by atoms with Crippen molar-refractivity contribution >= 4 is 41.8 Å². The molecule has 2 rings (SSSR count). The van der Waals surface area contributed by atoms with Gasteiger partial charge in [0.05, 0.1) is 5.92 Å². The monoisotopic (exact) mass is 558 g/mol. The fourth-order valence-corrected chi connectivity index (χ4v) is 3.76. The first-order valence-electron chi connectivity index (χ1n) is 11.2. The smallest absolute Gasteiger partial charge is 0.253 e. The van der Waals surface area contributed by atoms with E-state index >= 15 is 0 Å². The van der Waals surface area contributed by atoms with E-state index in [1.54, 1.807) is 19.0 Å². The van der Waals surface area contributed by atoms with Gasteiger partial charge in [0.25, 0.3) is 5.91 Å². The number of primary amides is 1. The topological polar surface area (TPSA) is 103 Å². The van der Waals surface area contributed by atoms with Crippen molar-refractivity contribution in [1.29, 1.82) is 0 Å². The van der Waals surface area contributed by atoms with Crippen molar-refractivity contribution in [2.75, 3.05) is 53.4 Å². The molecule has 1 aliphatic rings. The Morgan fingerprint density at radius 2 is 2.06 bits per heavy atom. The Morgan fingerprint density at radius 1 is 1.28 bits per heavy atom. The number of rotatable bonds is 10. The molecular weight excluding hydrogens is 519 g/mol. The predicted molar refractivity (Wildman–Crippen MR) is 141 cm³/mol. The Hall–Kier alpha value is -1.88. The van der Waals surface area contributed by atoms with Gasteiger partial charge in [-0.15, -0.1) is 24.0 Å². The molecule has 1 fully saturated rings. The molecule has 0 aromatic heterocycles. The van der Waals surface area contributed by atoms with Gasteiger partial charge in [-0.2, -0.15) is 0 Å². The fourth-order valence-electron chi connectivity index (χ4n) is 3.76. The first-order chi connectivity index (χ1) is 14.9. The highest BCUT2D eigenvalue weighted by atomic mass is 127. The van der Waals surface area contributed by atoms with Gasteiger partial charge in [0.15, 0.2) is 5.96 Å². The van der Waals surface area contributed by atoms with E-state index in [4.69, 9.17) is 5.73 Å². The van der Waals surface area contributed by atoms with Crippen molar-refractivity contribution in [2.24, 2.45) is 16.6 Å². The molecule has 1 saturated heterocycles. The lowest BCUT2D eigenvalue weighted by molar-refractivity contribution is -0.123. The largest absolute Gasteiger partial charge is 0.369 e. The van der Waals surface area contributed by atoms with E-state index in [1.165, 1.54) is 0 Å². The van der Waals surface area contributed by atoms with Gasteiger partial charge in [0.1, 0.15) is 0 Å². The van der Waals surface area contributed by atoms with Crippen LogP contribution in [0.25, 0.3) is 0 Å². The zero-order valence-corrected chi connectivity index (χ0v) is 21.9. The lowest BCUT2D eigenvalue weighted by Gasteiger charge is -2.30. The van der Waals surface area contributed by atoms with Crippen molar-refractivity contribution < 1.29 is 9.59 Å². The van der Waals surface area contributed by atoms with Crippen molar-refractivity contribution in [2.45, 2.75) is 32.6 Å². The molecule has 8 nitrogen and oxygen atoms in total. The molecule has 1 aliphatic heterocycles. The average molecular weight is 559 g/mol. The van der Waals surface area contributed by atoms with Gasteiger partial charge in [-0.05, 0) is 63.4 Å². The van der Waals surface area contributed by atoms with Gasteiger partial charge < -0.3 is 26.2 Å². The molecule has 2 amide bonds. The molecule has 9 heteroatoms. The van der Waals surface area contributed by atoms with Gasteiger partial charge in [0, 0.05) is 45.8 Å². The summed E-state index contributed by atoms with van der Waals surface area (Å²) in [7, 11) is 3.52. The van der Waals surface area contributed by atoms with Gasteiger partial charge in [-0.25, -0.2) is 0 Å². The minimum Gasteiger partial charge on any atom is -0.369 e. The van der Waals surface area contributed by atoms with Crippen LogP contribution in [0.5, 0.6) is 0 Å². The second kappa shape index (κ2) is 15.0. The zero-order valence-electron chi connectivity index (χ0n) is 19.6. The maximum Gasteiger partial charge on any atom is 0.253 e. The Bertz CT molecular complexity index is 756. The number of halogens is 1. The zero-order chi connectivity index (χ0) is 22.6. The maximum absolute atomic E-state index is 12.1. The van der Waals surface area contributed by atoms with Crippen LogP contribution in [0.2, 0.25) is 0 Å². The van der Waals surface area contributed by atoms with E-state index < -0.39 is 0 Å². The summed E-state index contributed by atoms with van der Waals surface area (Å²) in [5.74, 6) is 0.623. The lowest BCUT2D eigenvalue weighted by Crippen LogP contribution is -2.41. The predicted octanol–water partition coefficient (Wildman–Crippen LogP) is 1.69. The lowest BCUT2D eigenvalue weighted by atomic mass is 9.97.